The van der Waals surface area contributed by atoms with E-state index in [0.717, 1.165) is 12.8 Å². The molecule has 1 atom stereocenters. The van der Waals surface area contributed by atoms with Gasteiger partial charge in [0.25, 0.3) is 12.0 Å². The topological polar surface area (TPSA) is 177 Å². The van der Waals surface area contributed by atoms with Crippen molar-refractivity contribution in [3.8, 4) is 11.9 Å². The molecule has 0 bridgehead atoms. The van der Waals surface area contributed by atoms with E-state index in [1.54, 1.807) is 0 Å². The molecule has 13 heteroatoms. The van der Waals surface area contributed by atoms with Crippen molar-refractivity contribution in [1.29, 1.82) is 5.26 Å². The maximum absolute atomic E-state index is 13.7. The van der Waals surface area contributed by atoms with Crippen LogP contribution in [0, 0.1) is 17.2 Å². The third-order valence-electron chi connectivity index (χ3n) is 5.65. The number of benzene rings is 1. The van der Waals surface area contributed by atoms with Crippen LogP contribution in [0.1, 0.15) is 42.3 Å². The monoisotopic (exact) mass is 464 g/mol. The molecule has 172 valence electrons. The Morgan fingerprint density at radius 3 is 2.65 bits per heavy atom. The summed E-state index contributed by atoms with van der Waals surface area (Å²) in [6, 6.07) is 7.02. The summed E-state index contributed by atoms with van der Waals surface area (Å²) < 4.78 is 28.7. The number of aromatic nitrogens is 6. The van der Waals surface area contributed by atoms with Crippen molar-refractivity contribution < 1.29 is 8.78 Å². The van der Waals surface area contributed by atoms with Crippen molar-refractivity contribution in [2.75, 3.05) is 16.8 Å². The smallest absolute Gasteiger partial charge is 0.267 e. The van der Waals surface area contributed by atoms with Crippen molar-refractivity contribution in [3.05, 3.63) is 57.8 Å². The molecule has 4 aromatic rings. The second-order valence-corrected chi connectivity index (χ2v) is 7.86. The van der Waals surface area contributed by atoms with Gasteiger partial charge in [0.15, 0.2) is 5.82 Å². The molecular weight excluding hydrogens is 446 g/mol. The van der Waals surface area contributed by atoms with E-state index in [2.05, 4.69) is 30.5 Å². The second-order valence-electron chi connectivity index (χ2n) is 7.86. The lowest BCUT2D eigenvalue weighted by atomic mass is 10.1. The molecule has 34 heavy (non-hydrogen) atoms. The third-order valence-corrected chi connectivity index (χ3v) is 5.65. The number of aromatic amines is 1. The fourth-order valence-electron chi connectivity index (χ4n) is 3.95. The Labute approximate surface area is 190 Å². The highest BCUT2D eigenvalue weighted by Gasteiger charge is 2.37. The van der Waals surface area contributed by atoms with E-state index >= 15 is 0 Å². The van der Waals surface area contributed by atoms with Gasteiger partial charge in [0.05, 0.1) is 23.1 Å². The molecular formula is C21H18F2N10O. The van der Waals surface area contributed by atoms with Crippen molar-refractivity contribution in [2.24, 2.45) is 5.92 Å². The number of hydrogen-bond acceptors (Lipinski definition) is 9. The first-order valence-electron chi connectivity index (χ1n) is 10.3. The van der Waals surface area contributed by atoms with Gasteiger partial charge in [-0.3, -0.25) is 9.89 Å². The van der Waals surface area contributed by atoms with Gasteiger partial charge in [-0.1, -0.05) is 12.1 Å². The molecule has 0 saturated heterocycles. The van der Waals surface area contributed by atoms with Gasteiger partial charge >= 0.3 is 0 Å². The van der Waals surface area contributed by atoms with Crippen LogP contribution in [-0.2, 0) is 0 Å². The zero-order chi connectivity index (χ0) is 24.0. The lowest BCUT2D eigenvalue weighted by Crippen LogP contribution is -2.30. The molecule has 0 spiro atoms. The number of nitriles is 1. The van der Waals surface area contributed by atoms with Crippen LogP contribution in [0.2, 0.25) is 0 Å². The minimum absolute atomic E-state index is 0.00365. The fourth-order valence-corrected chi connectivity index (χ4v) is 3.95. The molecule has 0 aliphatic heterocycles. The molecule has 11 nitrogen and oxygen atoms in total. The van der Waals surface area contributed by atoms with E-state index in [9.17, 15) is 18.8 Å². The summed E-state index contributed by atoms with van der Waals surface area (Å²) >= 11 is 0. The molecule has 6 N–H and O–H groups in total. The summed E-state index contributed by atoms with van der Waals surface area (Å²) in [4.78, 5) is 26.1. The number of rotatable bonds is 6. The fraction of sp³-hybridized carbons (Fsp3) is 0.238. The maximum Gasteiger partial charge on any atom is 0.267 e. The number of nitrogens with zero attached hydrogens (tertiary/aromatic N) is 6. The number of halogens is 2. The largest absolute Gasteiger partial charge is 0.382 e. The highest BCUT2D eigenvalue weighted by atomic mass is 19.3. The first-order valence-corrected chi connectivity index (χ1v) is 10.3. The predicted molar refractivity (Wildman–Crippen MR) is 119 cm³/mol. The Hall–Kier alpha value is -4.60. The quantitative estimate of drug-likeness (QED) is 0.333. The SMILES string of the molecule is N#Cc1c(N)nc(N)nc1N[C@H](c1nc2cccc(C(F)F)c2c(=O)n1-c1ccn[nH]1)C1CC1. The van der Waals surface area contributed by atoms with Crippen LogP contribution < -0.4 is 22.3 Å². The Morgan fingerprint density at radius 1 is 1.21 bits per heavy atom. The van der Waals surface area contributed by atoms with Crippen molar-refractivity contribution in [3.63, 3.8) is 0 Å². The Bertz CT molecular complexity index is 1490. The highest BCUT2D eigenvalue weighted by Crippen LogP contribution is 2.43. The Morgan fingerprint density at radius 2 is 2.00 bits per heavy atom. The van der Waals surface area contributed by atoms with Gasteiger partial charge < -0.3 is 16.8 Å². The Kier molecular flexibility index (Phi) is 5.05. The van der Waals surface area contributed by atoms with E-state index in [4.69, 9.17) is 11.5 Å². The predicted octanol–water partition coefficient (Wildman–Crippen LogP) is 2.44. The minimum atomic E-state index is -2.86. The van der Waals surface area contributed by atoms with Crippen LogP contribution in [-0.4, -0.2) is 29.7 Å². The number of fused-ring (bicyclic) bond motifs is 1. The molecule has 3 aromatic heterocycles. The van der Waals surface area contributed by atoms with E-state index in [0.29, 0.717) is 0 Å². The van der Waals surface area contributed by atoms with Gasteiger partial charge in [0.2, 0.25) is 5.95 Å². The number of nitrogens with one attached hydrogen (secondary N) is 2. The molecule has 1 aliphatic carbocycles. The average Bonchev–Trinajstić information content (AvgIpc) is 3.50. The first kappa shape index (κ1) is 21.3. The van der Waals surface area contributed by atoms with Crippen LogP contribution in [0.15, 0.2) is 35.3 Å². The number of hydrogen-bond donors (Lipinski definition) is 4. The van der Waals surface area contributed by atoms with E-state index in [-0.39, 0.29) is 51.6 Å². The molecule has 0 unspecified atom stereocenters. The lowest BCUT2D eigenvalue weighted by molar-refractivity contribution is 0.153. The minimum Gasteiger partial charge on any atom is -0.382 e. The van der Waals surface area contributed by atoms with Gasteiger partial charge in [-0.2, -0.15) is 20.3 Å². The normalized spacial score (nSPS) is 14.3. The lowest BCUT2D eigenvalue weighted by Gasteiger charge is -2.23. The van der Waals surface area contributed by atoms with Crippen molar-refractivity contribution in [2.45, 2.75) is 25.3 Å². The number of anilines is 3. The number of alkyl halides is 2. The van der Waals surface area contributed by atoms with Gasteiger partial charge in [0, 0.05) is 11.6 Å². The summed E-state index contributed by atoms with van der Waals surface area (Å²) in [5, 5.41) is 19.1. The van der Waals surface area contributed by atoms with Crippen molar-refractivity contribution >= 4 is 28.5 Å². The van der Waals surface area contributed by atoms with Gasteiger partial charge in [0.1, 0.15) is 29.1 Å². The average molecular weight is 464 g/mol. The van der Waals surface area contributed by atoms with Crippen LogP contribution in [0.4, 0.5) is 26.4 Å². The molecule has 0 amide bonds. The molecule has 1 fully saturated rings. The number of H-pyrrole nitrogens is 1. The van der Waals surface area contributed by atoms with Crippen molar-refractivity contribution in [1.82, 2.24) is 29.7 Å². The molecule has 1 saturated carbocycles. The summed E-state index contributed by atoms with van der Waals surface area (Å²) in [7, 11) is 0. The van der Waals surface area contributed by atoms with Crippen LogP contribution in [0.3, 0.4) is 0 Å². The summed E-state index contributed by atoms with van der Waals surface area (Å²) in [6.07, 6.45) is 0.197. The van der Waals surface area contributed by atoms with E-state index in [1.807, 2.05) is 6.07 Å². The summed E-state index contributed by atoms with van der Waals surface area (Å²) in [6.45, 7) is 0. The molecule has 3 heterocycles. The third kappa shape index (κ3) is 3.54. The second kappa shape index (κ2) is 8.07. The van der Waals surface area contributed by atoms with Gasteiger partial charge in [-0.25, -0.2) is 18.3 Å². The van der Waals surface area contributed by atoms with Crippen LogP contribution in [0.25, 0.3) is 16.7 Å². The molecule has 1 aromatic carbocycles. The summed E-state index contributed by atoms with van der Waals surface area (Å²) in [5.41, 5.74) is 10.6. The standard InChI is InChI=1S/C21H18F2N10O/c22-16(23)10-2-1-3-12-14(10)20(34)33(13-6-7-27-32-13)19(28-12)15(9-4-5-9)29-18-11(8-24)17(25)30-21(26)31-18/h1-3,6-7,9,15-16H,4-5H2,(H,27,32)(H5,25,26,29,30,31)/t15-/m0/s1. The first-order chi connectivity index (χ1) is 16.4. The number of nitrogen functional groups attached to an aromatic ring is 2. The molecule has 0 radical (unpaired) electrons. The van der Waals surface area contributed by atoms with E-state index < -0.39 is 23.6 Å². The highest BCUT2D eigenvalue weighted by molar-refractivity contribution is 5.82. The van der Waals surface area contributed by atoms with Crippen LogP contribution in [0.5, 0.6) is 0 Å². The van der Waals surface area contributed by atoms with Gasteiger partial charge in [-0.15, -0.1) is 0 Å². The van der Waals surface area contributed by atoms with E-state index in [1.165, 1.54) is 35.0 Å². The van der Waals surface area contributed by atoms with Crippen LogP contribution >= 0.6 is 0 Å². The summed E-state index contributed by atoms with van der Waals surface area (Å²) in [5.74, 6) is 0.402. The number of nitrogens with two attached hydrogens (primary N) is 2. The molecule has 1 aliphatic rings. The maximum atomic E-state index is 13.7. The molecule has 5 rings (SSSR count). The van der Waals surface area contributed by atoms with Gasteiger partial charge in [-0.05, 0) is 24.8 Å². The Balaban J connectivity index is 1.76. The zero-order valence-electron chi connectivity index (χ0n) is 17.5. The zero-order valence-corrected chi connectivity index (χ0v) is 17.5.